The van der Waals surface area contributed by atoms with E-state index < -0.39 is 11.4 Å². The smallest absolute Gasteiger partial charge is 0.410 e. The maximum Gasteiger partial charge on any atom is 0.410 e. The number of nitrogens with zero attached hydrogens (tertiary/aromatic N) is 4. The van der Waals surface area contributed by atoms with Crippen molar-refractivity contribution in [2.75, 3.05) is 31.1 Å². The highest BCUT2D eigenvalue weighted by molar-refractivity contribution is 5.68. The van der Waals surface area contributed by atoms with Crippen molar-refractivity contribution < 1.29 is 13.9 Å². The monoisotopic (exact) mass is 306 g/mol. The van der Waals surface area contributed by atoms with Crippen LogP contribution in [0.15, 0.2) is 12.3 Å². The van der Waals surface area contributed by atoms with Crippen molar-refractivity contribution >= 4 is 11.8 Å². The van der Waals surface area contributed by atoms with Crippen LogP contribution in [0.2, 0.25) is 0 Å². The Labute approximate surface area is 129 Å². The number of rotatable bonds is 1. The number of hydrogen-bond acceptors (Lipinski definition) is 5. The first kappa shape index (κ1) is 16.0. The lowest BCUT2D eigenvalue weighted by atomic mass is 10.2. The molecular weight excluding hydrogens is 287 g/mol. The third-order valence-electron chi connectivity index (χ3n) is 3.22. The molecule has 1 saturated heterocycles. The van der Waals surface area contributed by atoms with Gasteiger partial charge in [-0.3, -0.25) is 0 Å². The van der Waals surface area contributed by atoms with Crippen molar-refractivity contribution in [3.8, 4) is 6.07 Å². The van der Waals surface area contributed by atoms with Crippen LogP contribution >= 0.6 is 0 Å². The van der Waals surface area contributed by atoms with Crippen LogP contribution in [0, 0.1) is 17.1 Å². The molecule has 0 spiro atoms. The second-order valence-electron chi connectivity index (χ2n) is 6.09. The molecule has 1 aliphatic rings. The van der Waals surface area contributed by atoms with Crippen LogP contribution in [0.4, 0.5) is 14.9 Å². The molecule has 0 unspecified atom stereocenters. The molecule has 22 heavy (non-hydrogen) atoms. The number of carbonyl (C=O) groups is 1. The minimum Gasteiger partial charge on any atom is -0.444 e. The summed E-state index contributed by atoms with van der Waals surface area (Å²) in [6.45, 7) is 7.29. The van der Waals surface area contributed by atoms with E-state index in [-0.39, 0.29) is 11.8 Å². The number of pyridine rings is 1. The Bertz CT molecular complexity index is 599. The van der Waals surface area contributed by atoms with Crippen LogP contribution in [0.25, 0.3) is 0 Å². The third kappa shape index (κ3) is 3.85. The molecule has 1 fully saturated rings. The largest absolute Gasteiger partial charge is 0.444 e. The zero-order chi connectivity index (χ0) is 16.3. The van der Waals surface area contributed by atoms with Crippen LogP contribution < -0.4 is 4.90 Å². The highest BCUT2D eigenvalue weighted by Crippen LogP contribution is 2.21. The van der Waals surface area contributed by atoms with Crippen LogP contribution in [0.5, 0.6) is 0 Å². The maximum atomic E-state index is 13.8. The van der Waals surface area contributed by atoms with Crippen molar-refractivity contribution in [1.29, 1.82) is 5.26 Å². The van der Waals surface area contributed by atoms with Gasteiger partial charge in [-0.2, -0.15) is 5.26 Å². The number of piperazine rings is 1. The van der Waals surface area contributed by atoms with Gasteiger partial charge < -0.3 is 14.5 Å². The molecule has 1 aromatic rings. The van der Waals surface area contributed by atoms with Gasteiger partial charge >= 0.3 is 6.09 Å². The van der Waals surface area contributed by atoms with Gasteiger partial charge in [-0.1, -0.05) is 0 Å². The summed E-state index contributed by atoms with van der Waals surface area (Å²) in [5, 5.41) is 8.85. The SMILES string of the molecule is CC(C)(C)OC(=O)N1CCN(c2cc(C#N)ncc2F)CC1. The van der Waals surface area contributed by atoms with Gasteiger partial charge in [0.2, 0.25) is 0 Å². The van der Waals surface area contributed by atoms with Gasteiger partial charge in [-0.15, -0.1) is 0 Å². The molecule has 1 aliphatic heterocycles. The molecule has 0 aliphatic carbocycles. The lowest BCUT2D eigenvalue weighted by Crippen LogP contribution is -2.50. The fourth-order valence-corrected chi connectivity index (χ4v) is 2.19. The van der Waals surface area contributed by atoms with Gasteiger partial charge in [-0.05, 0) is 20.8 Å². The van der Waals surface area contributed by atoms with Crippen molar-refractivity contribution in [2.45, 2.75) is 26.4 Å². The number of ether oxygens (including phenoxy) is 1. The molecule has 0 bridgehead atoms. The van der Waals surface area contributed by atoms with Crippen LogP contribution in [-0.4, -0.2) is 47.8 Å². The zero-order valence-corrected chi connectivity index (χ0v) is 13.0. The molecule has 0 radical (unpaired) electrons. The normalized spacial score (nSPS) is 15.4. The average molecular weight is 306 g/mol. The third-order valence-corrected chi connectivity index (χ3v) is 3.22. The summed E-state index contributed by atoms with van der Waals surface area (Å²) in [7, 11) is 0. The summed E-state index contributed by atoms with van der Waals surface area (Å²) in [6, 6.07) is 3.33. The second-order valence-corrected chi connectivity index (χ2v) is 6.09. The van der Waals surface area contributed by atoms with Crippen molar-refractivity contribution in [1.82, 2.24) is 9.88 Å². The van der Waals surface area contributed by atoms with Gasteiger partial charge in [0.05, 0.1) is 11.9 Å². The minimum absolute atomic E-state index is 0.172. The summed E-state index contributed by atoms with van der Waals surface area (Å²) < 4.78 is 19.2. The first-order chi connectivity index (χ1) is 10.3. The summed E-state index contributed by atoms with van der Waals surface area (Å²) in [5.41, 5.74) is -0.0195. The number of carbonyl (C=O) groups excluding carboxylic acids is 1. The molecule has 2 heterocycles. The second kappa shape index (κ2) is 6.18. The Morgan fingerprint density at radius 2 is 2.00 bits per heavy atom. The van der Waals surface area contributed by atoms with Crippen LogP contribution in [0.3, 0.4) is 0 Å². The predicted octanol–water partition coefficient (Wildman–Crippen LogP) is 2.15. The molecular formula is C15H19FN4O2. The van der Waals surface area contributed by atoms with Gasteiger partial charge in [-0.25, -0.2) is 14.2 Å². The Morgan fingerprint density at radius 1 is 1.36 bits per heavy atom. The minimum atomic E-state index is -0.535. The number of nitriles is 1. The van der Waals surface area contributed by atoms with E-state index >= 15 is 0 Å². The fourth-order valence-electron chi connectivity index (χ4n) is 2.19. The molecule has 0 N–H and O–H groups in total. The molecule has 0 aromatic carbocycles. The standard InChI is InChI=1S/C15H19FN4O2/c1-15(2,3)22-14(21)20-6-4-19(5-7-20)13-8-11(9-17)18-10-12(13)16/h8,10H,4-7H2,1-3H3. The fraction of sp³-hybridized carbons (Fsp3) is 0.533. The van der Waals surface area contributed by atoms with E-state index in [9.17, 15) is 9.18 Å². The van der Waals surface area contributed by atoms with E-state index in [1.807, 2.05) is 26.8 Å². The van der Waals surface area contributed by atoms with Gasteiger partial charge in [0.15, 0.2) is 5.82 Å². The van der Waals surface area contributed by atoms with Gasteiger partial charge in [0.1, 0.15) is 17.4 Å². The molecule has 1 amide bonds. The number of hydrogen-bond donors (Lipinski definition) is 0. The molecule has 6 nitrogen and oxygen atoms in total. The quantitative estimate of drug-likeness (QED) is 0.795. The van der Waals surface area contributed by atoms with Crippen LogP contribution in [0.1, 0.15) is 26.5 Å². The first-order valence-corrected chi connectivity index (χ1v) is 7.08. The molecule has 0 saturated carbocycles. The van der Waals surface area contributed by atoms with E-state index in [0.717, 1.165) is 6.20 Å². The number of anilines is 1. The topological polar surface area (TPSA) is 69.5 Å². The number of aromatic nitrogens is 1. The molecule has 118 valence electrons. The van der Waals surface area contributed by atoms with Gasteiger partial charge in [0.25, 0.3) is 0 Å². The predicted molar refractivity (Wildman–Crippen MR) is 78.9 cm³/mol. The molecule has 0 atom stereocenters. The Balaban J connectivity index is 2.01. The van der Waals surface area contributed by atoms with E-state index in [2.05, 4.69) is 4.98 Å². The van der Waals surface area contributed by atoms with E-state index in [1.165, 1.54) is 6.07 Å². The molecule has 7 heteroatoms. The summed E-state index contributed by atoms with van der Waals surface area (Å²) >= 11 is 0. The highest BCUT2D eigenvalue weighted by Gasteiger charge is 2.26. The summed E-state index contributed by atoms with van der Waals surface area (Å²) in [6.07, 6.45) is 0.689. The lowest BCUT2D eigenvalue weighted by molar-refractivity contribution is 0.0240. The Morgan fingerprint density at radius 3 is 2.55 bits per heavy atom. The van der Waals surface area contributed by atoms with Gasteiger partial charge in [0, 0.05) is 32.2 Å². The first-order valence-electron chi connectivity index (χ1n) is 7.08. The Kier molecular flexibility index (Phi) is 4.50. The summed E-state index contributed by atoms with van der Waals surface area (Å²) in [5.74, 6) is -0.468. The summed E-state index contributed by atoms with van der Waals surface area (Å²) in [4.78, 5) is 19.1. The van der Waals surface area contributed by atoms with Crippen molar-refractivity contribution in [3.63, 3.8) is 0 Å². The van der Waals surface area contributed by atoms with Crippen molar-refractivity contribution in [3.05, 3.63) is 23.8 Å². The Hall–Kier alpha value is -2.36. The van der Waals surface area contributed by atoms with E-state index in [1.54, 1.807) is 9.80 Å². The zero-order valence-electron chi connectivity index (χ0n) is 13.0. The number of amides is 1. The number of halogens is 1. The average Bonchev–Trinajstić information content (AvgIpc) is 2.46. The molecule has 2 rings (SSSR count). The van der Waals surface area contributed by atoms with E-state index in [4.69, 9.17) is 10.00 Å². The maximum absolute atomic E-state index is 13.8. The molecule has 1 aromatic heterocycles. The highest BCUT2D eigenvalue weighted by atomic mass is 19.1. The van der Waals surface area contributed by atoms with Crippen molar-refractivity contribution in [2.24, 2.45) is 0 Å². The van der Waals surface area contributed by atoms with Crippen LogP contribution in [-0.2, 0) is 4.74 Å². The van der Waals surface area contributed by atoms with E-state index in [0.29, 0.717) is 31.9 Å². The lowest BCUT2D eigenvalue weighted by Gasteiger charge is -2.36.